The SMILES string of the molecule is [C-]#[N+]c1ccc2c(c1)C(c1ccccc1OCC)C(=O)N2S(=O)(=O)c1ccc(OC)c2cccnc12. The summed E-state index contributed by atoms with van der Waals surface area (Å²) in [5.41, 5.74) is 1.65. The smallest absolute Gasteiger partial charge is 0.273 e. The minimum Gasteiger partial charge on any atom is -0.496 e. The molecule has 0 saturated heterocycles. The number of amides is 1. The molecule has 0 aliphatic carbocycles. The molecular formula is C27H21N3O5S. The van der Waals surface area contributed by atoms with Gasteiger partial charge in [-0.1, -0.05) is 30.3 Å². The number of para-hydroxylation sites is 1. The Morgan fingerprint density at radius 3 is 2.58 bits per heavy atom. The van der Waals surface area contributed by atoms with E-state index in [2.05, 4.69) is 9.83 Å². The summed E-state index contributed by atoms with van der Waals surface area (Å²) in [6.07, 6.45) is 1.49. The van der Waals surface area contributed by atoms with Gasteiger partial charge in [0.15, 0.2) is 5.69 Å². The van der Waals surface area contributed by atoms with Crippen LogP contribution in [0.3, 0.4) is 0 Å². The largest absolute Gasteiger partial charge is 0.496 e. The Hall–Kier alpha value is -4.42. The number of rotatable bonds is 6. The predicted molar refractivity (Wildman–Crippen MR) is 135 cm³/mol. The molecule has 0 radical (unpaired) electrons. The van der Waals surface area contributed by atoms with Crippen LogP contribution in [0.2, 0.25) is 0 Å². The molecule has 1 unspecified atom stereocenters. The van der Waals surface area contributed by atoms with Crippen LogP contribution in [0.1, 0.15) is 24.0 Å². The van der Waals surface area contributed by atoms with Crippen molar-refractivity contribution in [1.29, 1.82) is 0 Å². The van der Waals surface area contributed by atoms with Crippen molar-refractivity contribution in [3.05, 3.63) is 95.5 Å². The molecule has 0 N–H and O–H groups in total. The van der Waals surface area contributed by atoms with Crippen LogP contribution in [0.4, 0.5) is 11.4 Å². The molecule has 2 heterocycles. The molecule has 1 aliphatic heterocycles. The number of aromatic nitrogens is 1. The molecule has 4 aromatic rings. The van der Waals surface area contributed by atoms with Crippen LogP contribution in [0, 0.1) is 6.57 Å². The van der Waals surface area contributed by atoms with Gasteiger partial charge in [-0.05, 0) is 48.9 Å². The number of ether oxygens (including phenoxy) is 2. The number of fused-ring (bicyclic) bond motifs is 2. The Kier molecular flexibility index (Phi) is 5.82. The maximum atomic E-state index is 14.1. The van der Waals surface area contributed by atoms with Gasteiger partial charge in [-0.25, -0.2) is 17.6 Å². The lowest BCUT2D eigenvalue weighted by molar-refractivity contribution is -0.117. The van der Waals surface area contributed by atoms with Crippen LogP contribution in [0.25, 0.3) is 15.7 Å². The summed E-state index contributed by atoms with van der Waals surface area (Å²) in [5, 5.41) is 0.509. The van der Waals surface area contributed by atoms with E-state index >= 15 is 0 Å². The molecule has 180 valence electrons. The second kappa shape index (κ2) is 8.98. The Morgan fingerprint density at radius 2 is 1.83 bits per heavy atom. The molecule has 3 aromatic carbocycles. The van der Waals surface area contributed by atoms with Gasteiger partial charge >= 0.3 is 0 Å². The average Bonchev–Trinajstić information content (AvgIpc) is 3.19. The zero-order valence-electron chi connectivity index (χ0n) is 19.5. The first-order chi connectivity index (χ1) is 17.4. The first kappa shape index (κ1) is 23.3. The molecule has 1 amide bonds. The molecule has 1 aliphatic rings. The number of hydrogen-bond acceptors (Lipinski definition) is 6. The quantitative estimate of drug-likeness (QED) is 0.345. The lowest BCUT2D eigenvalue weighted by Gasteiger charge is -2.20. The van der Waals surface area contributed by atoms with E-state index in [4.69, 9.17) is 16.0 Å². The van der Waals surface area contributed by atoms with E-state index in [0.29, 0.717) is 40.3 Å². The fraction of sp³-hybridized carbons (Fsp3) is 0.148. The highest BCUT2D eigenvalue weighted by atomic mass is 32.2. The van der Waals surface area contributed by atoms with E-state index in [1.54, 1.807) is 48.5 Å². The first-order valence-corrected chi connectivity index (χ1v) is 12.6. The molecule has 8 nitrogen and oxygen atoms in total. The summed E-state index contributed by atoms with van der Waals surface area (Å²) in [4.78, 5) is 21.6. The Bertz CT molecular complexity index is 1660. The lowest BCUT2D eigenvalue weighted by atomic mass is 9.91. The Labute approximate surface area is 208 Å². The first-order valence-electron chi connectivity index (χ1n) is 11.2. The third kappa shape index (κ3) is 3.54. The standard InChI is InChI=1S/C27H21N3O5S/c1-4-35-23-10-6-5-8-18(23)25-20-16-17(28-2)11-12-21(20)30(27(25)31)36(32,33)24-14-13-22(34-3)19-9-7-15-29-26(19)24/h5-16,25H,4H2,1,3H3. The van der Waals surface area contributed by atoms with Gasteiger partial charge in [0.05, 0.1) is 37.4 Å². The predicted octanol–water partition coefficient (Wildman–Crippen LogP) is 5.06. The normalized spacial score (nSPS) is 15.0. The van der Waals surface area contributed by atoms with Crippen LogP contribution in [0.5, 0.6) is 11.5 Å². The van der Waals surface area contributed by atoms with E-state index in [1.165, 1.54) is 31.5 Å². The van der Waals surface area contributed by atoms with Crippen molar-refractivity contribution in [2.24, 2.45) is 0 Å². The van der Waals surface area contributed by atoms with E-state index in [-0.39, 0.29) is 16.1 Å². The van der Waals surface area contributed by atoms with Crippen molar-refractivity contribution >= 4 is 38.2 Å². The van der Waals surface area contributed by atoms with Crippen molar-refractivity contribution in [2.75, 3.05) is 18.0 Å². The minimum atomic E-state index is -4.39. The number of benzene rings is 3. The van der Waals surface area contributed by atoms with Gasteiger partial charge < -0.3 is 9.47 Å². The maximum Gasteiger partial charge on any atom is 0.273 e. The monoisotopic (exact) mass is 499 g/mol. The summed E-state index contributed by atoms with van der Waals surface area (Å²) in [5.74, 6) is -0.667. The van der Waals surface area contributed by atoms with Crippen molar-refractivity contribution in [1.82, 2.24) is 4.98 Å². The number of anilines is 1. The highest BCUT2D eigenvalue weighted by Gasteiger charge is 2.46. The van der Waals surface area contributed by atoms with Crippen LogP contribution in [0.15, 0.2) is 77.8 Å². The maximum absolute atomic E-state index is 14.1. The summed E-state index contributed by atoms with van der Waals surface area (Å²) < 4.78 is 40.1. The summed E-state index contributed by atoms with van der Waals surface area (Å²) in [6.45, 7) is 9.64. The summed E-state index contributed by atoms with van der Waals surface area (Å²) in [6, 6.07) is 17.9. The minimum absolute atomic E-state index is 0.119. The number of methoxy groups -OCH3 is 1. The Balaban J connectivity index is 1.74. The van der Waals surface area contributed by atoms with Gasteiger partial charge in [-0.3, -0.25) is 9.78 Å². The average molecular weight is 500 g/mol. The molecule has 0 spiro atoms. The van der Waals surface area contributed by atoms with Gasteiger partial charge in [0.2, 0.25) is 0 Å². The van der Waals surface area contributed by atoms with Crippen LogP contribution in [-0.4, -0.2) is 33.0 Å². The molecule has 1 atom stereocenters. The van der Waals surface area contributed by atoms with Gasteiger partial charge in [-0.2, -0.15) is 0 Å². The third-order valence-electron chi connectivity index (χ3n) is 6.08. The highest BCUT2D eigenvalue weighted by Crippen LogP contribution is 2.48. The van der Waals surface area contributed by atoms with Gasteiger partial charge in [0.25, 0.3) is 15.9 Å². The van der Waals surface area contributed by atoms with E-state index in [1.807, 2.05) is 6.92 Å². The van der Waals surface area contributed by atoms with E-state index in [9.17, 15) is 13.2 Å². The molecule has 0 fully saturated rings. The second-order valence-corrected chi connectivity index (χ2v) is 9.79. The number of carbonyl (C=O) groups is 1. The third-order valence-corrected chi connectivity index (χ3v) is 7.82. The van der Waals surface area contributed by atoms with Crippen molar-refractivity contribution in [2.45, 2.75) is 17.7 Å². The zero-order chi connectivity index (χ0) is 25.4. The molecule has 0 saturated carbocycles. The van der Waals surface area contributed by atoms with Gasteiger partial charge in [0.1, 0.15) is 16.4 Å². The highest BCUT2D eigenvalue weighted by molar-refractivity contribution is 7.93. The molecule has 0 bridgehead atoms. The molecule has 1 aromatic heterocycles. The molecule has 5 rings (SSSR count). The van der Waals surface area contributed by atoms with E-state index < -0.39 is 21.8 Å². The zero-order valence-corrected chi connectivity index (χ0v) is 20.3. The van der Waals surface area contributed by atoms with Crippen LogP contribution >= 0.6 is 0 Å². The number of hydrogen-bond donors (Lipinski definition) is 0. The van der Waals surface area contributed by atoms with Crippen molar-refractivity contribution < 1.29 is 22.7 Å². The number of carbonyl (C=O) groups excluding carboxylic acids is 1. The fourth-order valence-electron chi connectivity index (χ4n) is 4.56. The summed E-state index contributed by atoms with van der Waals surface area (Å²) >= 11 is 0. The molecule has 36 heavy (non-hydrogen) atoms. The molecular weight excluding hydrogens is 478 g/mol. The topological polar surface area (TPSA) is 90.2 Å². The van der Waals surface area contributed by atoms with Gasteiger partial charge in [0, 0.05) is 17.1 Å². The van der Waals surface area contributed by atoms with Crippen LogP contribution < -0.4 is 13.8 Å². The Morgan fingerprint density at radius 1 is 1.03 bits per heavy atom. The van der Waals surface area contributed by atoms with Gasteiger partial charge in [-0.15, -0.1) is 0 Å². The van der Waals surface area contributed by atoms with Crippen molar-refractivity contribution in [3.8, 4) is 11.5 Å². The lowest BCUT2D eigenvalue weighted by Crippen LogP contribution is -2.35. The number of pyridine rings is 1. The number of sulfonamides is 1. The fourth-order valence-corrected chi connectivity index (χ4v) is 6.17. The van der Waals surface area contributed by atoms with E-state index in [0.717, 1.165) is 4.31 Å². The summed E-state index contributed by atoms with van der Waals surface area (Å²) in [7, 11) is -2.90. The molecule has 9 heteroatoms. The second-order valence-electron chi connectivity index (χ2n) is 8.03. The number of nitrogens with zero attached hydrogens (tertiary/aromatic N) is 3. The van der Waals surface area contributed by atoms with Crippen molar-refractivity contribution in [3.63, 3.8) is 0 Å². The van der Waals surface area contributed by atoms with Crippen LogP contribution in [-0.2, 0) is 14.8 Å².